The summed E-state index contributed by atoms with van der Waals surface area (Å²) in [5.41, 5.74) is 2.38. The Morgan fingerprint density at radius 3 is 2.67 bits per heavy atom. The Balaban J connectivity index is 1.39. The number of carbonyl (C=O) groups excluding carboxylic acids is 2. The van der Waals surface area contributed by atoms with Crippen molar-refractivity contribution in [1.82, 2.24) is 9.88 Å². The summed E-state index contributed by atoms with van der Waals surface area (Å²) in [4.78, 5) is 31.0. The molecule has 1 atom stereocenters. The molecule has 1 aromatic heterocycles. The number of carbonyl (C=O) groups is 2. The van der Waals surface area contributed by atoms with Gasteiger partial charge in [-0.15, -0.1) is 10.2 Å². The van der Waals surface area contributed by atoms with Gasteiger partial charge in [0.05, 0.1) is 38.1 Å². The molecule has 4 aromatic rings. The van der Waals surface area contributed by atoms with Crippen LogP contribution in [0, 0.1) is 11.3 Å². The van der Waals surface area contributed by atoms with E-state index in [0.29, 0.717) is 28.0 Å². The van der Waals surface area contributed by atoms with E-state index < -0.39 is 17.9 Å². The molecule has 3 aromatic carbocycles. The highest BCUT2D eigenvalue weighted by atomic mass is 79.9. The van der Waals surface area contributed by atoms with Crippen LogP contribution in [0.5, 0.6) is 5.75 Å². The van der Waals surface area contributed by atoms with Crippen LogP contribution in [0.15, 0.2) is 81.6 Å². The lowest BCUT2D eigenvalue weighted by Gasteiger charge is -2.15. The second-order valence-corrected chi connectivity index (χ2v) is 9.66. The first kappa shape index (κ1) is 26.9. The maximum absolute atomic E-state index is 12.8. The zero-order chi connectivity index (χ0) is 28.2. The van der Waals surface area contributed by atoms with Crippen molar-refractivity contribution < 1.29 is 19.4 Å². The largest absolute Gasteiger partial charge is 0.491 e. The number of ether oxygens (including phenoxy) is 1. The van der Waals surface area contributed by atoms with Crippen LogP contribution >= 0.6 is 15.9 Å². The number of aliphatic hydroxyl groups excluding tert-OH is 1. The van der Waals surface area contributed by atoms with Crippen LogP contribution in [0.4, 0.5) is 17.1 Å². The van der Waals surface area contributed by atoms with Crippen LogP contribution < -0.4 is 10.1 Å². The monoisotopic (exact) mass is 598 g/mol. The van der Waals surface area contributed by atoms with Crippen molar-refractivity contribution in [2.45, 2.75) is 13.0 Å². The second-order valence-electron chi connectivity index (χ2n) is 8.87. The molecule has 0 radical (unpaired) electrons. The number of imide groups is 1. The maximum atomic E-state index is 12.8. The fourth-order valence-corrected chi connectivity index (χ4v) is 5.02. The molecule has 0 bridgehead atoms. The first-order valence-electron chi connectivity index (χ1n) is 12.4. The highest BCUT2D eigenvalue weighted by molar-refractivity contribution is 9.10. The first-order chi connectivity index (χ1) is 19.4. The number of pyridine rings is 1. The standard InChI is InChI=1S/C29H23BrN6O4/c1-2-36-28(38)21-13-17(14-31)26(25(30)24(21)29(36)39)35-34-22-10-11-23(27-20(22)9-6-12-32-27)33-15-18(37)16-40-19-7-4-3-5-8-19/h3-13,18,33,37H,2,15-16H2,1H3. The van der Waals surface area contributed by atoms with Crippen molar-refractivity contribution in [3.05, 3.63) is 88.0 Å². The Hall–Kier alpha value is -4.66. The summed E-state index contributed by atoms with van der Waals surface area (Å²) < 4.78 is 5.86. The molecule has 10 nitrogen and oxygen atoms in total. The molecule has 40 heavy (non-hydrogen) atoms. The number of fused-ring (bicyclic) bond motifs is 2. The Kier molecular flexibility index (Phi) is 7.82. The Bertz CT molecular complexity index is 1690. The molecule has 11 heteroatoms. The van der Waals surface area contributed by atoms with Gasteiger partial charge < -0.3 is 15.2 Å². The summed E-state index contributed by atoms with van der Waals surface area (Å²) in [5, 5.41) is 32.7. The first-order valence-corrected chi connectivity index (χ1v) is 13.2. The number of nitrogens with zero attached hydrogens (tertiary/aromatic N) is 5. The van der Waals surface area contributed by atoms with Gasteiger partial charge in [0.25, 0.3) is 11.8 Å². The molecule has 0 saturated carbocycles. The van der Waals surface area contributed by atoms with Gasteiger partial charge >= 0.3 is 0 Å². The van der Waals surface area contributed by atoms with Crippen LogP contribution in [-0.2, 0) is 0 Å². The summed E-state index contributed by atoms with van der Waals surface area (Å²) in [6, 6.07) is 19.8. The van der Waals surface area contributed by atoms with Gasteiger partial charge in [0.1, 0.15) is 30.2 Å². The summed E-state index contributed by atoms with van der Waals surface area (Å²) >= 11 is 3.38. The van der Waals surface area contributed by atoms with E-state index in [1.165, 1.54) is 6.07 Å². The predicted molar refractivity (Wildman–Crippen MR) is 152 cm³/mol. The van der Waals surface area contributed by atoms with Crippen LogP contribution in [0.1, 0.15) is 33.2 Å². The van der Waals surface area contributed by atoms with Gasteiger partial charge in [-0.05, 0) is 65.3 Å². The number of aliphatic hydroxyl groups is 1. The number of halogens is 1. The molecule has 200 valence electrons. The minimum atomic E-state index is -0.766. The van der Waals surface area contributed by atoms with Gasteiger partial charge in [-0.25, -0.2) is 0 Å². The smallest absolute Gasteiger partial charge is 0.262 e. The molecule has 0 saturated heterocycles. The summed E-state index contributed by atoms with van der Waals surface area (Å²) in [7, 11) is 0. The molecule has 2 N–H and O–H groups in total. The SMILES string of the molecule is CCN1C(=O)c2cc(C#N)c(N=Nc3ccc(NCC(O)COc4ccccc4)c4ncccc34)c(Br)c2C1=O. The summed E-state index contributed by atoms with van der Waals surface area (Å²) in [6.45, 7) is 2.27. The lowest BCUT2D eigenvalue weighted by molar-refractivity contribution is 0.0662. The van der Waals surface area contributed by atoms with E-state index in [-0.39, 0.29) is 46.5 Å². The normalized spacial score (nSPS) is 13.5. The number of hydrogen-bond donors (Lipinski definition) is 2. The molecule has 1 unspecified atom stereocenters. The number of azo groups is 1. The molecule has 1 aliphatic rings. The second kappa shape index (κ2) is 11.6. The average molecular weight is 599 g/mol. The molecule has 0 fully saturated rings. The number of anilines is 1. The highest BCUT2D eigenvalue weighted by Gasteiger charge is 2.38. The van der Waals surface area contributed by atoms with Gasteiger partial charge in [0, 0.05) is 24.7 Å². The minimum Gasteiger partial charge on any atom is -0.491 e. The molecule has 1 aliphatic heterocycles. The van der Waals surface area contributed by atoms with E-state index in [2.05, 4.69) is 36.5 Å². The quantitative estimate of drug-likeness (QED) is 0.184. The molecule has 5 rings (SSSR count). The van der Waals surface area contributed by atoms with E-state index in [4.69, 9.17) is 4.74 Å². The number of amides is 2. The van der Waals surface area contributed by atoms with Crippen LogP contribution in [0.3, 0.4) is 0 Å². The number of rotatable bonds is 9. The average Bonchev–Trinajstić information content (AvgIpc) is 3.23. The molecule has 0 aliphatic carbocycles. The lowest BCUT2D eigenvalue weighted by atomic mass is 10.0. The highest BCUT2D eigenvalue weighted by Crippen LogP contribution is 2.40. The van der Waals surface area contributed by atoms with Crippen molar-refractivity contribution in [2.75, 3.05) is 25.0 Å². The van der Waals surface area contributed by atoms with E-state index in [1.54, 1.807) is 31.3 Å². The molecular formula is C29H23BrN6O4. The number of aromatic nitrogens is 1. The Morgan fingerprint density at radius 1 is 1.12 bits per heavy atom. The molecular weight excluding hydrogens is 576 g/mol. The van der Waals surface area contributed by atoms with E-state index in [0.717, 1.165) is 4.90 Å². The van der Waals surface area contributed by atoms with Crippen LogP contribution in [0.25, 0.3) is 10.9 Å². The van der Waals surface area contributed by atoms with E-state index in [1.807, 2.05) is 42.5 Å². The van der Waals surface area contributed by atoms with E-state index in [9.17, 15) is 20.0 Å². The fraction of sp³-hybridized carbons (Fsp3) is 0.172. The zero-order valence-corrected chi connectivity index (χ0v) is 22.9. The van der Waals surface area contributed by atoms with Gasteiger partial charge in [-0.2, -0.15) is 5.26 Å². The third-order valence-corrected chi connectivity index (χ3v) is 7.10. The predicted octanol–water partition coefficient (Wildman–Crippen LogP) is 5.75. The maximum Gasteiger partial charge on any atom is 0.262 e. The van der Waals surface area contributed by atoms with Crippen molar-refractivity contribution in [3.8, 4) is 11.8 Å². The van der Waals surface area contributed by atoms with Crippen molar-refractivity contribution in [3.63, 3.8) is 0 Å². The number of hydrogen-bond acceptors (Lipinski definition) is 9. The van der Waals surface area contributed by atoms with Gasteiger partial charge in [-0.1, -0.05) is 18.2 Å². The fourth-order valence-electron chi connectivity index (χ4n) is 4.35. The van der Waals surface area contributed by atoms with Crippen molar-refractivity contribution >= 4 is 55.7 Å². The van der Waals surface area contributed by atoms with Crippen molar-refractivity contribution in [2.24, 2.45) is 10.2 Å². The topological polar surface area (TPSA) is 140 Å². The summed E-state index contributed by atoms with van der Waals surface area (Å²) in [6.07, 6.45) is 0.884. The van der Waals surface area contributed by atoms with Crippen LogP contribution in [0.2, 0.25) is 0 Å². The third-order valence-electron chi connectivity index (χ3n) is 6.33. The number of para-hydroxylation sites is 1. The summed E-state index contributed by atoms with van der Waals surface area (Å²) in [5.74, 6) is -0.214. The van der Waals surface area contributed by atoms with Gasteiger partial charge in [0.15, 0.2) is 0 Å². The Labute approximate surface area is 238 Å². The minimum absolute atomic E-state index is 0.112. The van der Waals surface area contributed by atoms with Crippen LogP contribution in [-0.4, -0.2) is 52.6 Å². The number of nitriles is 1. The lowest BCUT2D eigenvalue weighted by Crippen LogP contribution is -2.29. The molecule has 0 spiro atoms. The van der Waals surface area contributed by atoms with E-state index >= 15 is 0 Å². The number of benzene rings is 3. The third kappa shape index (κ3) is 5.14. The van der Waals surface area contributed by atoms with Crippen molar-refractivity contribution in [1.29, 1.82) is 5.26 Å². The van der Waals surface area contributed by atoms with Gasteiger partial charge in [-0.3, -0.25) is 19.5 Å². The molecule has 2 amide bonds. The zero-order valence-electron chi connectivity index (χ0n) is 21.3. The Morgan fingerprint density at radius 2 is 1.93 bits per heavy atom. The van der Waals surface area contributed by atoms with Gasteiger partial charge in [0.2, 0.25) is 0 Å². The molecule has 2 heterocycles. The number of nitrogens with one attached hydrogen (secondary N) is 1.